The van der Waals surface area contributed by atoms with Crippen molar-refractivity contribution in [3.63, 3.8) is 0 Å². The lowest BCUT2D eigenvalue weighted by Gasteiger charge is -2.37. The van der Waals surface area contributed by atoms with Gasteiger partial charge in [-0.1, -0.05) is 0 Å². The molecule has 5 heteroatoms. The molecular weight excluding hydrogens is 216 g/mol. The lowest BCUT2D eigenvalue weighted by molar-refractivity contribution is 0.0626. The molecule has 2 heterocycles. The van der Waals surface area contributed by atoms with Crippen molar-refractivity contribution in [2.75, 3.05) is 25.1 Å². The number of hydrogen-bond donors (Lipinski definition) is 2. The first kappa shape index (κ1) is 12.3. The fourth-order valence-corrected chi connectivity index (χ4v) is 2.05. The van der Waals surface area contributed by atoms with Gasteiger partial charge < -0.3 is 15.8 Å². The van der Waals surface area contributed by atoms with Gasteiger partial charge in [-0.15, -0.1) is 0 Å². The van der Waals surface area contributed by atoms with E-state index in [1.807, 2.05) is 13.8 Å². The lowest BCUT2D eigenvalue weighted by Crippen LogP contribution is -2.50. The van der Waals surface area contributed by atoms with Gasteiger partial charge in [0.2, 0.25) is 0 Å². The Morgan fingerprint density at radius 2 is 2.12 bits per heavy atom. The molecule has 1 aromatic heterocycles. The topological polar surface area (TPSA) is 73.1 Å². The average molecular weight is 236 g/mol. The minimum absolute atomic E-state index is 0.0918. The summed E-state index contributed by atoms with van der Waals surface area (Å²) in [6.07, 6.45) is 3.61. The number of nitrogens with zero attached hydrogens (tertiary/aromatic N) is 2. The van der Waals surface area contributed by atoms with Gasteiger partial charge in [-0.2, -0.15) is 0 Å². The van der Waals surface area contributed by atoms with Crippen molar-refractivity contribution < 1.29 is 4.74 Å². The fraction of sp³-hybridized carbons (Fsp3) is 0.667. The van der Waals surface area contributed by atoms with Gasteiger partial charge in [-0.25, -0.2) is 4.98 Å². The normalized spacial score (nSPS) is 19.0. The van der Waals surface area contributed by atoms with E-state index in [0.29, 0.717) is 6.54 Å². The summed E-state index contributed by atoms with van der Waals surface area (Å²) in [5, 5.41) is 3.47. The molecule has 1 fully saturated rings. The smallest absolute Gasteiger partial charge is 0.148 e. The highest BCUT2D eigenvalue weighted by molar-refractivity contribution is 5.42. The molecule has 17 heavy (non-hydrogen) atoms. The second-order valence-corrected chi connectivity index (χ2v) is 4.67. The number of anilines is 1. The van der Waals surface area contributed by atoms with Crippen LogP contribution in [0.3, 0.4) is 0 Å². The van der Waals surface area contributed by atoms with Gasteiger partial charge in [0, 0.05) is 26.0 Å². The summed E-state index contributed by atoms with van der Waals surface area (Å²) in [7, 11) is 0. The van der Waals surface area contributed by atoms with Gasteiger partial charge in [-0.3, -0.25) is 4.98 Å². The highest BCUT2D eigenvalue weighted by atomic mass is 16.5. The van der Waals surface area contributed by atoms with Gasteiger partial charge in [0.1, 0.15) is 5.82 Å². The van der Waals surface area contributed by atoms with Gasteiger partial charge in [0.05, 0.1) is 16.9 Å². The number of nitrogens with one attached hydrogen (secondary N) is 1. The number of aryl methyl sites for hydroxylation is 2. The van der Waals surface area contributed by atoms with Crippen LogP contribution < -0.4 is 11.1 Å². The molecule has 0 unspecified atom stereocenters. The summed E-state index contributed by atoms with van der Waals surface area (Å²) < 4.78 is 5.39. The minimum atomic E-state index is -0.0918. The van der Waals surface area contributed by atoms with E-state index < -0.39 is 0 Å². The van der Waals surface area contributed by atoms with Crippen LogP contribution in [-0.2, 0) is 4.74 Å². The lowest BCUT2D eigenvalue weighted by atomic mass is 9.90. The van der Waals surface area contributed by atoms with Crippen molar-refractivity contribution in [1.82, 2.24) is 9.97 Å². The molecule has 0 radical (unpaired) electrons. The van der Waals surface area contributed by atoms with Crippen LogP contribution in [0.25, 0.3) is 0 Å². The summed E-state index contributed by atoms with van der Waals surface area (Å²) in [6, 6.07) is 0. The monoisotopic (exact) mass is 236 g/mol. The van der Waals surface area contributed by atoms with Crippen molar-refractivity contribution in [1.29, 1.82) is 0 Å². The second-order valence-electron chi connectivity index (χ2n) is 4.67. The Kier molecular flexibility index (Phi) is 3.59. The van der Waals surface area contributed by atoms with Gasteiger partial charge >= 0.3 is 0 Å². The summed E-state index contributed by atoms with van der Waals surface area (Å²) in [4.78, 5) is 8.80. The fourth-order valence-electron chi connectivity index (χ4n) is 2.05. The van der Waals surface area contributed by atoms with Crippen molar-refractivity contribution in [3.8, 4) is 0 Å². The third kappa shape index (κ3) is 2.73. The van der Waals surface area contributed by atoms with Crippen LogP contribution in [-0.4, -0.2) is 35.3 Å². The Morgan fingerprint density at radius 3 is 2.76 bits per heavy atom. The first-order valence-corrected chi connectivity index (χ1v) is 6.01. The largest absolute Gasteiger partial charge is 0.381 e. The number of aromatic nitrogens is 2. The summed E-state index contributed by atoms with van der Waals surface area (Å²) >= 11 is 0. The molecule has 2 rings (SSSR count). The molecule has 1 saturated heterocycles. The van der Waals surface area contributed by atoms with E-state index in [1.54, 1.807) is 6.20 Å². The summed E-state index contributed by atoms with van der Waals surface area (Å²) in [5.41, 5.74) is 7.64. The molecule has 0 aromatic carbocycles. The van der Waals surface area contributed by atoms with Gasteiger partial charge in [0.15, 0.2) is 0 Å². The van der Waals surface area contributed by atoms with E-state index in [9.17, 15) is 0 Å². The molecule has 0 aliphatic carbocycles. The molecule has 0 saturated carbocycles. The molecular formula is C12H20N4O. The first-order valence-electron chi connectivity index (χ1n) is 6.01. The maximum absolute atomic E-state index is 5.91. The molecule has 0 atom stereocenters. The van der Waals surface area contributed by atoms with Crippen molar-refractivity contribution >= 4 is 5.82 Å². The number of hydrogen-bond acceptors (Lipinski definition) is 5. The first-order chi connectivity index (χ1) is 8.15. The maximum atomic E-state index is 5.91. The predicted octanol–water partition coefficient (Wildman–Crippen LogP) is 1.01. The SMILES string of the molecule is Cc1cnc(C)c(NC2(CN)CCOCC2)n1. The van der Waals surface area contributed by atoms with E-state index in [4.69, 9.17) is 10.5 Å². The Labute approximate surface area is 102 Å². The molecule has 94 valence electrons. The summed E-state index contributed by atoms with van der Waals surface area (Å²) in [5.74, 6) is 0.845. The molecule has 3 N–H and O–H groups in total. The van der Waals surface area contributed by atoms with Crippen molar-refractivity contribution in [2.24, 2.45) is 5.73 Å². The zero-order valence-electron chi connectivity index (χ0n) is 10.5. The molecule has 1 aromatic rings. The van der Waals surface area contributed by atoms with E-state index in [1.165, 1.54) is 0 Å². The van der Waals surface area contributed by atoms with E-state index in [0.717, 1.165) is 43.3 Å². The predicted molar refractivity (Wildman–Crippen MR) is 67.0 cm³/mol. The third-order valence-corrected chi connectivity index (χ3v) is 3.30. The van der Waals surface area contributed by atoms with Gasteiger partial charge in [0.25, 0.3) is 0 Å². The molecule has 0 bridgehead atoms. The number of ether oxygens (including phenoxy) is 1. The Balaban J connectivity index is 2.20. The maximum Gasteiger partial charge on any atom is 0.148 e. The quantitative estimate of drug-likeness (QED) is 0.819. The second kappa shape index (κ2) is 4.98. The van der Waals surface area contributed by atoms with Crippen LogP contribution in [0.1, 0.15) is 24.2 Å². The standard InChI is InChI=1S/C12H20N4O/c1-9-7-14-10(2)11(15-9)16-12(8-13)3-5-17-6-4-12/h7H,3-6,8,13H2,1-2H3,(H,15,16). The average Bonchev–Trinajstić information content (AvgIpc) is 2.35. The van der Waals surface area contributed by atoms with E-state index >= 15 is 0 Å². The van der Waals surface area contributed by atoms with Crippen LogP contribution in [0.5, 0.6) is 0 Å². The van der Waals surface area contributed by atoms with Crippen LogP contribution >= 0.6 is 0 Å². The molecule has 5 nitrogen and oxygen atoms in total. The number of nitrogens with two attached hydrogens (primary N) is 1. The van der Waals surface area contributed by atoms with Crippen LogP contribution in [0.4, 0.5) is 5.82 Å². The number of rotatable bonds is 3. The van der Waals surface area contributed by atoms with Crippen LogP contribution in [0.2, 0.25) is 0 Å². The van der Waals surface area contributed by atoms with Crippen LogP contribution in [0, 0.1) is 13.8 Å². The third-order valence-electron chi connectivity index (χ3n) is 3.30. The molecule has 1 aliphatic rings. The Bertz CT molecular complexity index is 388. The Morgan fingerprint density at radius 1 is 1.41 bits per heavy atom. The van der Waals surface area contributed by atoms with Crippen LogP contribution in [0.15, 0.2) is 6.20 Å². The van der Waals surface area contributed by atoms with E-state index in [-0.39, 0.29) is 5.54 Å². The zero-order chi connectivity index (χ0) is 12.3. The van der Waals surface area contributed by atoms with E-state index in [2.05, 4.69) is 15.3 Å². The van der Waals surface area contributed by atoms with Crippen molar-refractivity contribution in [3.05, 3.63) is 17.6 Å². The Hall–Kier alpha value is -1.20. The highest BCUT2D eigenvalue weighted by Gasteiger charge is 2.31. The minimum Gasteiger partial charge on any atom is -0.381 e. The van der Waals surface area contributed by atoms with Crippen molar-refractivity contribution in [2.45, 2.75) is 32.2 Å². The zero-order valence-corrected chi connectivity index (χ0v) is 10.5. The molecule has 1 aliphatic heterocycles. The van der Waals surface area contributed by atoms with Gasteiger partial charge in [-0.05, 0) is 26.7 Å². The highest BCUT2D eigenvalue weighted by Crippen LogP contribution is 2.25. The molecule has 0 amide bonds. The summed E-state index contributed by atoms with van der Waals surface area (Å²) in [6.45, 7) is 5.99. The molecule has 0 spiro atoms.